The molecule has 0 heterocycles. The molecule has 0 aliphatic heterocycles. The number of ether oxygens (including phenoxy) is 1. The lowest BCUT2D eigenvalue weighted by Crippen LogP contribution is -1.99. The summed E-state index contributed by atoms with van der Waals surface area (Å²) < 4.78 is 7.20. The van der Waals surface area contributed by atoms with Gasteiger partial charge in [-0.25, -0.2) is 0 Å². The highest BCUT2D eigenvalue weighted by Crippen LogP contribution is 2.44. The van der Waals surface area contributed by atoms with Crippen molar-refractivity contribution in [2.45, 2.75) is 4.83 Å². The van der Waals surface area contributed by atoms with Gasteiger partial charge in [-0.15, -0.1) is 0 Å². The molecule has 1 atom stereocenters. The van der Waals surface area contributed by atoms with Crippen LogP contribution in [0.15, 0.2) is 39.3 Å². The number of alkyl halides is 1. The van der Waals surface area contributed by atoms with E-state index >= 15 is 0 Å². The van der Waals surface area contributed by atoms with Crippen molar-refractivity contribution in [3.63, 3.8) is 0 Å². The third kappa shape index (κ3) is 3.53. The van der Waals surface area contributed by atoms with Crippen LogP contribution in [0.2, 0.25) is 10.0 Å². The predicted octanol–water partition coefficient (Wildman–Crippen LogP) is 7.01. The Bertz CT molecular complexity index is 647. The van der Waals surface area contributed by atoms with Gasteiger partial charge in [-0.05, 0) is 45.8 Å². The summed E-state index contributed by atoms with van der Waals surface area (Å²) in [5.41, 5.74) is 1.98. The number of hydrogen-bond donors (Lipinski definition) is 0. The molecular weight excluding hydrogens is 495 g/mol. The van der Waals surface area contributed by atoms with Crippen LogP contribution in [0.4, 0.5) is 0 Å². The minimum absolute atomic E-state index is 0.0703. The molecule has 2 aromatic rings. The molecule has 0 radical (unpaired) electrons. The lowest BCUT2D eigenvalue weighted by atomic mass is 10.0. The van der Waals surface area contributed by atoms with Crippen LogP contribution in [0.25, 0.3) is 0 Å². The van der Waals surface area contributed by atoms with E-state index in [1.165, 1.54) is 0 Å². The van der Waals surface area contributed by atoms with E-state index in [4.69, 9.17) is 27.9 Å². The van der Waals surface area contributed by atoms with Crippen LogP contribution in [0.1, 0.15) is 16.0 Å². The highest BCUT2D eigenvalue weighted by atomic mass is 79.9. The van der Waals surface area contributed by atoms with Crippen LogP contribution in [0, 0.1) is 0 Å². The fourth-order valence-corrected chi connectivity index (χ4v) is 4.81. The van der Waals surface area contributed by atoms with Gasteiger partial charge in [0.1, 0.15) is 5.75 Å². The van der Waals surface area contributed by atoms with Crippen LogP contribution in [0.3, 0.4) is 0 Å². The molecule has 0 amide bonds. The largest absolute Gasteiger partial charge is 0.495 e. The fourth-order valence-electron chi connectivity index (χ4n) is 1.86. The van der Waals surface area contributed by atoms with Gasteiger partial charge in [-0.2, -0.15) is 0 Å². The molecule has 0 spiro atoms. The predicted molar refractivity (Wildman–Crippen MR) is 95.6 cm³/mol. The third-order valence-corrected chi connectivity index (χ3v) is 5.47. The van der Waals surface area contributed by atoms with Gasteiger partial charge in [0.15, 0.2) is 0 Å². The Morgan fingerprint density at radius 3 is 2.20 bits per heavy atom. The van der Waals surface area contributed by atoms with E-state index in [2.05, 4.69) is 47.8 Å². The van der Waals surface area contributed by atoms with E-state index < -0.39 is 0 Å². The Kier molecular flexibility index (Phi) is 5.83. The van der Waals surface area contributed by atoms with E-state index in [0.717, 1.165) is 25.8 Å². The number of hydrogen-bond acceptors (Lipinski definition) is 1. The van der Waals surface area contributed by atoms with Crippen LogP contribution in [-0.2, 0) is 0 Å². The third-order valence-electron chi connectivity index (χ3n) is 2.75. The first-order valence-corrected chi connectivity index (χ1v) is 8.81. The minimum atomic E-state index is -0.0703. The Morgan fingerprint density at radius 1 is 0.950 bits per heavy atom. The zero-order valence-corrected chi connectivity index (χ0v) is 16.5. The first kappa shape index (κ1) is 16.6. The number of benzene rings is 2. The summed E-state index contributed by atoms with van der Waals surface area (Å²) in [7, 11) is 1.63. The van der Waals surface area contributed by atoms with E-state index in [1.807, 2.05) is 24.3 Å². The number of rotatable bonds is 3. The molecule has 6 heteroatoms. The zero-order valence-electron chi connectivity index (χ0n) is 10.3. The second-order valence-corrected chi connectivity index (χ2v) is 7.54. The summed E-state index contributed by atoms with van der Waals surface area (Å²) >= 11 is 22.8. The maximum atomic E-state index is 6.14. The van der Waals surface area contributed by atoms with Gasteiger partial charge in [0, 0.05) is 20.1 Å². The Balaban J connectivity index is 2.55. The van der Waals surface area contributed by atoms with E-state index in [9.17, 15) is 0 Å². The van der Waals surface area contributed by atoms with Gasteiger partial charge >= 0.3 is 0 Å². The highest BCUT2D eigenvalue weighted by molar-refractivity contribution is 9.11. The van der Waals surface area contributed by atoms with Crippen molar-refractivity contribution >= 4 is 71.0 Å². The average Bonchev–Trinajstić information content (AvgIpc) is 2.37. The topological polar surface area (TPSA) is 9.23 Å². The Hall–Kier alpha value is 0.260. The summed E-state index contributed by atoms with van der Waals surface area (Å²) in [5.74, 6) is 0.748. The summed E-state index contributed by atoms with van der Waals surface area (Å²) in [6, 6.07) is 9.35. The number of halogens is 5. The molecule has 106 valence electrons. The molecule has 2 rings (SSSR count). The second-order valence-electron chi connectivity index (χ2n) is 4.04. The second kappa shape index (κ2) is 7.01. The molecule has 0 aliphatic carbocycles. The summed E-state index contributed by atoms with van der Waals surface area (Å²) in [6.45, 7) is 0. The molecule has 20 heavy (non-hydrogen) atoms. The molecule has 0 saturated carbocycles. The van der Waals surface area contributed by atoms with Crippen molar-refractivity contribution in [2.24, 2.45) is 0 Å². The minimum Gasteiger partial charge on any atom is -0.495 e. The van der Waals surface area contributed by atoms with Crippen LogP contribution in [0.5, 0.6) is 5.75 Å². The normalized spacial score (nSPS) is 12.3. The van der Waals surface area contributed by atoms with Gasteiger partial charge in [0.2, 0.25) is 0 Å². The summed E-state index contributed by atoms with van der Waals surface area (Å²) in [4.78, 5) is -0.0703. The number of methoxy groups -OCH3 is 1. The lowest BCUT2D eigenvalue weighted by Gasteiger charge is -2.18. The average molecular weight is 504 g/mol. The fraction of sp³-hybridized carbons (Fsp3) is 0.143. The van der Waals surface area contributed by atoms with Gasteiger partial charge in [0.05, 0.1) is 16.4 Å². The van der Waals surface area contributed by atoms with Crippen LogP contribution in [-0.4, -0.2) is 7.11 Å². The maximum Gasteiger partial charge on any atom is 0.137 e. The molecule has 0 bridgehead atoms. The SMILES string of the molecule is COc1c(Br)cc(Cl)cc1C(Br)c1ccc(Cl)cc1Br. The van der Waals surface area contributed by atoms with E-state index in [1.54, 1.807) is 13.2 Å². The van der Waals surface area contributed by atoms with Crippen molar-refractivity contribution in [1.82, 2.24) is 0 Å². The van der Waals surface area contributed by atoms with Crippen molar-refractivity contribution in [3.05, 3.63) is 60.4 Å². The lowest BCUT2D eigenvalue weighted by molar-refractivity contribution is 0.408. The highest BCUT2D eigenvalue weighted by Gasteiger charge is 2.20. The van der Waals surface area contributed by atoms with Crippen molar-refractivity contribution in [2.75, 3.05) is 7.11 Å². The van der Waals surface area contributed by atoms with Gasteiger partial charge in [-0.1, -0.05) is 61.1 Å². The quantitative estimate of drug-likeness (QED) is 0.409. The molecule has 0 N–H and O–H groups in total. The van der Waals surface area contributed by atoms with Crippen LogP contribution < -0.4 is 4.74 Å². The molecule has 0 saturated heterocycles. The van der Waals surface area contributed by atoms with Crippen molar-refractivity contribution in [3.8, 4) is 5.75 Å². The van der Waals surface area contributed by atoms with Gasteiger partial charge in [0.25, 0.3) is 0 Å². The molecule has 2 aromatic carbocycles. The molecule has 0 aliphatic rings. The Morgan fingerprint density at radius 2 is 1.60 bits per heavy atom. The monoisotopic (exact) mass is 500 g/mol. The Labute approximate surface area is 153 Å². The molecule has 0 aromatic heterocycles. The molecule has 1 unspecified atom stereocenters. The first-order chi connectivity index (χ1) is 9.43. The maximum absolute atomic E-state index is 6.14. The smallest absolute Gasteiger partial charge is 0.137 e. The summed E-state index contributed by atoms with van der Waals surface area (Å²) in [5, 5.41) is 1.32. The van der Waals surface area contributed by atoms with E-state index in [-0.39, 0.29) is 4.83 Å². The van der Waals surface area contributed by atoms with Gasteiger partial charge in [-0.3, -0.25) is 0 Å². The molecular formula is C14H9Br3Cl2O. The first-order valence-electron chi connectivity index (χ1n) is 5.56. The zero-order chi connectivity index (χ0) is 14.9. The van der Waals surface area contributed by atoms with Crippen molar-refractivity contribution < 1.29 is 4.74 Å². The van der Waals surface area contributed by atoms with Crippen LogP contribution >= 0.6 is 71.0 Å². The van der Waals surface area contributed by atoms with Gasteiger partial charge < -0.3 is 4.74 Å². The molecule has 1 nitrogen and oxygen atoms in total. The summed E-state index contributed by atoms with van der Waals surface area (Å²) in [6.07, 6.45) is 0. The van der Waals surface area contributed by atoms with Crippen molar-refractivity contribution in [1.29, 1.82) is 0 Å². The van der Waals surface area contributed by atoms with E-state index in [0.29, 0.717) is 10.0 Å². The molecule has 0 fully saturated rings. The standard InChI is InChI=1S/C14H9Br3Cl2O/c1-20-14-10(4-8(19)6-12(14)16)13(17)9-3-2-7(18)5-11(9)15/h2-6,13H,1H3.